The van der Waals surface area contributed by atoms with E-state index in [0.29, 0.717) is 13.0 Å². The first-order chi connectivity index (χ1) is 9.29. The fraction of sp³-hybridized carbons (Fsp3) is 0.462. The maximum Gasteiger partial charge on any atom is 0.307 e. The molecule has 2 aromatic rings. The fourth-order valence-electron chi connectivity index (χ4n) is 2.45. The molecule has 0 bridgehead atoms. The van der Waals surface area contributed by atoms with Gasteiger partial charge in [-0.3, -0.25) is 4.79 Å². The number of ether oxygens (including phenoxy) is 1. The van der Waals surface area contributed by atoms with Crippen LogP contribution >= 0.6 is 11.3 Å². The fourth-order valence-corrected chi connectivity index (χ4v) is 3.68. The van der Waals surface area contributed by atoms with Gasteiger partial charge >= 0.3 is 5.97 Å². The smallest absolute Gasteiger partial charge is 0.307 e. The summed E-state index contributed by atoms with van der Waals surface area (Å²) in [5, 5.41) is 4.37. The minimum Gasteiger partial charge on any atom is -0.469 e. The van der Waals surface area contributed by atoms with Crippen LogP contribution in [-0.2, 0) is 22.4 Å². The number of hydrogen-bond acceptors (Lipinski definition) is 6. The Morgan fingerprint density at radius 2 is 2.37 bits per heavy atom. The van der Waals surface area contributed by atoms with E-state index in [1.807, 2.05) is 0 Å². The molecule has 0 saturated carbocycles. The van der Waals surface area contributed by atoms with E-state index in [1.54, 1.807) is 17.7 Å². The minimum absolute atomic E-state index is 0.214. The normalized spacial score (nSPS) is 13.5. The van der Waals surface area contributed by atoms with Crippen LogP contribution in [0.25, 0.3) is 10.2 Å². The summed E-state index contributed by atoms with van der Waals surface area (Å²) in [5.74, 6) is 0.627. The van der Waals surface area contributed by atoms with Crippen LogP contribution in [-0.4, -0.2) is 29.6 Å². The second kappa shape index (κ2) is 5.13. The molecule has 3 rings (SSSR count). The SMILES string of the molecule is COC(=O)CCNc1ncnc2sc3c(c12)CCC3. The second-order valence-electron chi connectivity index (χ2n) is 4.51. The van der Waals surface area contributed by atoms with Crippen molar-refractivity contribution in [1.29, 1.82) is 0 Å². The average molecular weight is 277 g/mol. The lowest BCUT2D eigenvalue weighted by Crippen LogP contribution is -2.10. The van der Waals surface area contributed by atoms with E-state index in [9.17, 15) is 4.79 Å². The topological polar surface area (TPSA) is 64.1 Å². The number of nitrogens with one attached hydrogen (secondary N) is 1. The van der Waals surface area contributed by atoms with Crippen LogP contribution in [0.1, 0.15) is 23.3 Å². The molecule has 0 spiro atoms. The maximum absolute atomic E-state index is 11.1. The van der Waals surface area contributed by atoms with Crippen LogP contribution in [0.2, 0.25) is 0 Å². The van der Waals surface area contributed by atoms with Crippen molar-refractivity contribution in [3.8, 4) is 0 Å². The van der Waals surface area contributed by atoms with E-state index < -0.39 is 0 Å². The summed E-state index contributed by atoms with van der Waals surface area (Å²) in [6, 6.07) is 0. The molecule has 1 N–H and O–H groups in total. The van der Waals surface area contributed by atoms with Gasteiger partial charge < -0.3 is 10.1 Å². The number of hydrogen-bond donors (Lipinski definition) is 1. The number of thiophene rings is 1. The van der Waals surface area contributed by atoms with Crippen LogP contribution < -0.4 is 5.32 Å². The van der Waals surface area contributed by atoms with Crippen LogP contribution in [0.15, 0.2) is 6.33 Å². The first-order valence-corrected chi connectivity index (χ1v) is 7.17. The number of carbonyl (C=O) groups is 1. The molecule has 0 unspecified atom stereocenters. The molecule has 1 aliphatic rings. The molecule has 0 atom stereocenters. The molecule has 0 aromatic carbocycles. The number of rotatable bonds is 4. The minimum atomic E-state index is -0.214. The van der Waals surface area contributed by atoms with Gasteiger partial charge in [0.05, 0.1) is 18.9 Å². The molecule has 0 amide bonds. The summed E-state index contributed by atoms with van der Waals surface area (Å²) in [4.78, 5) is 22.2. The summed E-state index contributed by atoms with van der Waals surface area (Å²) in [6.45, 7) is 0.531. The standard InChI is InChI=1S/C13H15N3O2S/c1-18-10(17)5-6-14-12-11-8-3-2-4-9(8)19-13(11)16-7-15-12/h7H,2-6H2,1H3,(H,14,15,16). The maximum atomic E-state index is 11.1. The lowest BCUT2D eigenvalue weighted by Gasteiger charge is -2.06. The molecule has 0 radical (unpaired) electrons. The molecule has 5 nitrogen and oxygen atoms in total. The molecule has 0 saturated heterocycles. The third kappa shape index (κ3) is 2.28. The predicted molar refractivity (Wildman–Crippen MR) is 74.6 cm³/mol. The molecule has 2 aromatic heterocycles. The summed E-state index contributed by atoms with van der Waals surface area (Å²) < 4.78 is 4.63. The van der Waals surface area contributed by atoms with Crippen molar-refractivity contribution in [3.05, 3.63) is 16.8 Å². The molecule has 100 valence electrons. The van der Waals surface area contributed by atoms with Crippen molar-refractivity contribution in [2.75, 3.05) is 19.0 Å². The zero-order valence-corrected chi connectivity index (χ0v) is 11.5. The molecule has 6 heteroatoms. The van der Waals surface area contributed by atoms with Crippen molar-refractivity contribution in [3.63, 3.8) is 0 Å². The van der Waals surface area contributed by atoms with Crippen molar-refractivity contribution >= 4 is 33.3 Å². The van der Waals surface area contributed by atoms with E-state index in [-0.39, 0.29) is 5.97 Å². The third-order valence-electron chi connectivity index (χ3n) is 3.35. The van der Waals surface area contributed by atoms with E-state index >= 15 is 0 Å². The second-order valence-corrected chi connectivity index (χ2v) is 5.60. The Hall–Kier alpha value is -1.69. The number of esters is 1. The summed E-state index contributed by atoms with van der Waals surface area (Å²) in [6.07, 6.45) is 5.39. The molecule has 0 aliphatic heterocycles. The summed E-state index contributed by atoms with van der Waals surface area (Å²) >= 11 is 1.76. The van der Waals surface area contributed by atoms with Crippen molar-refractivity contribution < 1.29 is 9.53 Å². The quantitative estimate of drug-likeness (QED) is 0.868. The van der Waals surface area contributed by atoms with Crippen molar-refractivity contribution in [1.82, 2.24) is 9.97 Å². The number of anilines is 1. The third-order valence-corrected chi connectivity index (χ3v) is 4.55. The van der Waals surface area contributed by atoms with Crippen LogP contribution in [0.4, 0.5) is 5.82 Å². The van der Waals surface area contributed by atoms with Crippen LogP contribution in [0, 0.1) is 0 Å². The van der Waals surface area contributed by atoms with Gasteiger partial charge in [0, 0.05) is 11.4 Å². The van der Waals surface area contributed by atoms with E-state index in [0.717, 1.165) is 28.9 Å². The highest BCUT2D eigenvalue weighted by molar-refractivity contribution is 7.19. The zero-order chi connectivity index (χ0) is 13.2. The van der Waals surface area contributed by atoms with Gasteiger partial charge in [0.2, 0.25) is 0 Å². The molecule has 2 heterocycles. The predicted octanol–water partition coefficient (Wildman–Crippen LogP) is 2.16. The Morgan fingerprint density at radius 1 is 1.47 bits per heavy atom. The Bertz CT molecular complexity index is 624. The van der Waals surface area contributed by atoms with Gasteiger partial charge in [-0.1, -0.05) is 0 Å². The van der Waals surface area contributed by atoms with Gasteiger partial charge in [0.25, 0.3) is 0 Å². The molecular weight excluding hydrogens is 262 g/mol. The highest BCUT2D eigenvalue weighted by Gasteiger charge is 2.20. The van der Waals surface area contributed by atoms with Gasteiger partial charge in [-0.2, -0.15) is 0 Å². The van der Waals surface area contributed by atoms with Gasteiger partial charge in [-0.05, 0) is 24.8 Å². The highest BCUT2D eigenvalue weighted by atomic mass is 32.1. The lowest BCUT2D eigenvalue weighted by molar-refractivity contribution is -0.140. The Morgan fingerprint density at radius 3 is 3.21 bits per heavy atom. The Kier molecular flexibility index (Phi) is 3.33. The van der Waals surface area contributed by atoms with Crippen LogP contribution in [0.3, 0.4) is 0 Å². The van der Waals surface area contributed by atoms with Crippen LogP contribution in [0.5, 0.6) is 0 Å². The van der Waals surface area contributed by atoms with E-state index in [2.05, 4.69) is 20.0 Å². The zero-order valence-electron chi connectivity index (χ0n) is 10.7. The van der Waals surface area contributed by atoms with E-state index in [1.165, 1.54) is 24.0 Å². The average Bonchev–Trinajstić information content (AvgIpc) is 2.98. The van der Waals surface area contributed by atoms with Gasteiger partial charge in [0.1, 0.15) is 17.0 Å². The molecule has 0 fully saturated rings. The first-order valence-electron chi connectivity index (χ1n) is 6.35. The lowest BCUT2D eigenvalue weighted by atomic mass is 10.2. The molecule has 1 aliphatic carbocycles. The number of aryl methyl sites for hydroxylation is 2. The number of carbonyl (C=O) groups excluding carboxylic acids is 1. The largest absolute Gasteiger partial charge is 0.469 e. The number of methoxy groups -OCH3 is 1. The number of nitrogens with zero attached hydrogens (tertiary/aromatic N) is 2. The van der Waals surface area contributed by atoms with Crippen molar-refractivity contribution in [2.45, 2.75) is 25.7 Å². The Balaban J connectivity index is 1.85. The summed E-state index contributed by atoms with van der Waals surface area (Å²) in [7, 11) is 1.40. The summed E-state index contributed by atoms with van der Waals surface area (Å²) in [5.41, 5.74) is 1.39. The Labute approximate surface area is 115 Å². The van der Waals surface area contributed by atoms with Crippen molar-refractivity contribution in [2.24, 2.45) is 0 Å². The van der Waals surface area contributed by atoms with Gasteiger partial charge in [-0.15, -0.1) is 11.3 Å². The highest BCUT2D eigenvalue weighted by Crippen LogP contribution is 2.38. The monoisotopic (exact) mass is 277 g/mol. The first kappa shape index (κ1) is 12.3. The molecule has 19 heavy (non-hydrogen) atoms. The van der Waals surface area contributed by atoms with Gasteiger partial charge in [-0.25, -0.2) is 9.97 Å². The number of aromatic nitrogens is 2. The number of fused-ring (bicyclic) bond motifs is 3. The molecular formula is C13H15N3O2S. The van der Waals surface area contributed by atoms with Gasteiger partial charge in [0.15, 0.2) is 0 Å². The van der Waals surface area contributed by atoms with E-state index in [4.69, 9.17) is 0 Å².